The number of nitrogens with zero attached hydrogens (tertiary/aromatic N) is 4. The van der Waals surface area contributed by atoms with Gasteiger partial charge in [-0.25, -0.2) is 9.97 Å². The van der Waals surface area contributed by atoms with Crippen molar-refractivity contribution in [3.63, 3.8) is 0 Å². The molecule has 6 nitrogen and oxygen atoms in total. The highest BCUT2D eigenvalue weighted by atomic mass is 32.1. The Morgan fingerprint density at radius 1 is 1.43 bits per heavy atom. The van der Waals surface area contributed by atoms with E-state index >= 15 is 0 Å². The van der Waals surface area contributed by atoms with Gasteiger partial charge in [-0.05, 0) is 26.3 Å². The highest BCUT2D eigenvalue weighted by Crippen LogP contribution is 2.30. The molecule has 23 heavy (non-hydrogen) atoms. The highest BCUT2D eigenvalue weighted by Gasteiger charge is 2.26. The van der Waals surface area contributed by atoms with Crippen molar-refractivity contribution in [1.29, 1.82) is 0 Å². The molecule has 1 fully saturated rings. The largest absolute Gasteiger partial charge is 0.327 e. The lowest BCUT2D eigenvalue weighted by Gasteiger charge is -2.35. The lowest BCUT2D eigenvalue weighted by atomic mass is 9.99. The van der Waals surface area contributed by atoms with Gasteiger partial charge in [-0.15, -0.1) is 11.3 Å². The molecule has 1 saturated heterocycles. The molecule has 1 N–H and O–H groups in total. The zero-order valence-corrected chi connectivity index (χ0v) is 13.8. The molecule has 1 aliphatic rings. The molecule has 0 aliphatic carbocycles. The minimum atomic E-state index is -0.0266. The van der Waals surface area contributed by atoms with Crippen molar-refractivity contribution in [2.75, 3.05) is 6.54 Å². The third-order valence-corrected chi connectivity index (χ3v) is 5.24. The van der Waals surface area contributed by atoms with Crippen LogP contribution in [0, 0.1) is 6.92 Å². The van der Waals surface area contributed by atoms with E-state index in [4.69, 9.17) is 0 Å². The minimum Gasteiger partial charge on any atom is -0.327 e. The molecule has 4 rings (SSSR count). The molecule has 1 unspecified atom stereocenters. The van der Waals surface area contributed by atoms with E-state index in [1.54, 1.807) is 34.2 Å². The molecule has 0 radical (unpaired) electrons. The molecule has 4 heterocycles. The highest BCUT2D eigenvalue weighted by molar-refractivity contribution is 7.09. The first kappa shape index (κ1) is 14.6. The van der Waals surface area contributed by atoms with Crippen LogP contribution in [0.1, 0.15) is 41.7 Å². The second-order valence-corrected chi connectivity index (χ2v) is 7.09. The summed E-state index contributed by atoms with van der Waals surface area (Å²) in [6.07, 6.45) is 6.76. The maximum absolute atomic E-state index is 12.2. The molecule has 0 amide bonds. The van der Waals surface area contributed by atoms with Crippen molar-refractivity contribution in [3.8, 4) is 0 Å². The van der Waals surface area contributed by atoms with Gasteiger partial charge in [0.2, 0.25) is 5.78 Å². The zero-order chi connectivity index (χ0) is 15.8. The Morgan fingerprint density at radius 2 is 2.35 bits per heavy atom. The van der Waals surface area contributed by atoms with Gasteiger partial charge in [-0.1, -0.05) is 6.42 Å². The maximum atomic E-state index is 12.2. The molecule has 1 aliphatic heterocycles. The van der Waals surface area contributed by atoms with Gasteiger partial charge in [-0.2, -0.15) is 0 Å². The van der Waals surface area contributed by atoms with Gasteiger partial charge in [0.05, 0.1) is 16.7 Å². The van der Waals surface area contributed by atoms with E-state index in [9.17, 15) is 4.79 Å². The number of piperidine rings is 1. The first-order chi connectivity index (χ1) is 11.2. The Morgan fingerprint density at radius 3 is 3.17 bits per heavy atom. The third-order valence-electron chi connectivity index (χ3n) is 4.42. The first-order valence-electron chi connectivity index (χ1n) is 7.92. The van der Waals surface area contributed by atoms with Crippen LogP contribution in [-0.2, 0) is 6.54 Å². The van der Waals surface area contributed by atoms with E-state index < -0.39 is 0 Å². The number of thiazole rings is 1. The fraction of sp³-hybridized carbons (Fsp3) is 0.438. The molecule has 0 aromatic carbocycles. The average molecular weight is 329 g/mol. The van der Waals surface area contributed by atoms with E-state index in [0.717, 1.165) is 35.9 Å². The Hall–Kier alpha value is -1.99. The first-order valence-corrected chi connectivity index (χ1v) is 8.80. The number of fused-ring (bicyclic) bond motifs is 1. The molecular weight excluding hydrogens is 310 g/mol. The van der Waals surface area contributed by atoms with Crippen molar-refractivity contribution in [3.05, 3.63) is 50.6 Å². The lowest BCUT2D eigenvalue weighted by Crippen LogP contribution is -2.34. The number of likely N-dealkylation sites (tertiary alicyclic amines) is 1. The van der Waals surface area contributed by atoms with Crippen molar-refractivity contribution in [2.45, 2.75) is 38.8 Å². The zero-order valence-electron chi connectivity index (χ0n) is 13.0. The summed E-state index contributed by atoms with van der Waals surface area (Å²) in [7, 11) is 0. The van der Waals surface area contributed by atoms with Gasteiger partial charge in [0.15, 0.2) is 0 Å². The number of nitrogens with one attached hydrogen (secondary N) is 1. The van der Waals surface area contributed by atoms with Gasteiger partial charge in [0, 0.05) is 36.1 Å². The molecule has 7 heteroatoms. The van der Waals surface area contributed by atoms with Crippen LogP contribution in [0.4, 0.5) is 0 Å². The standard InChI is InChI=1S/C16H19N5OS/c1-11-18-12(10-23-11)9-20-6-3-2-4-14(20)13-8-15(22)21-7-5-17-16(21)19-13/h5,7-8,10,14H,2-4,6,9H2,1H3,(H,17,19). The van der Waals surface area contributed by atoms with Crippen molar-refractivity contribution < 1.29 is 0 Å². The van der Waals surface area contributed by atoms with E-state index in [2.05, 4.69) is 25.2 Å². The van der Waals surface area contributed by atoms with Crippen LogP contribution < -0.4 is 5.56 Å². The summed E-state index contributed by atoms with van der Waals surface area (Å²) in [5.74, 6) is 0.613. The van der Waals surface area contributed by atoms with Crippen LogP contribution >= 0.6 is 11.3 Å². The Bertz CT molecular complexity index is 880. The molecular formula is C16H19N5OS. The number of rotatable bonds is 3. The number of hydrogen-bond donors (Lipinski definition) is 1. The van der Waals surface area contributed by atoms with Gasteiger partial charge in [-0.3, -0.25) is 14.1 Å². The normalized spacial score (nSPS) is 19.4. The van der Waals surface area contributed by atoms with Crippen LogP contribution in [0.15, 0.2) is 28.6 Å². The van der Waals surface area contributed by atoms with Gasteiger partial charge < -0.3 is 4.98 Å². The Balaban J connectivity index is 1.67. The monoisotopic (exact) mass is 329 g/mol. The number of H-pyrrole nitrogens is 1. The number of aromatic nitrogens is 4. The molecule has 0 saturated carbocycles. The SMILES string of the molecule is Cc1nc(CN2CCCCC2c2cc(=O)n3ccnc3[nH]2)cs1. The summed E-state index contributed by atoms with van der Waals surface area (Å²) in [5, 5.41) is 3.22. The summed E-state index contributed by atoms with van der Waals surface area (Å²) in [6, 6.07) is 1.93. The average Bonchev–Trinajstić information content (AvgIpc) is 3.17. The fourth-order valence-corrected chi connectivity index (χ4v) is 3.95. The quantitative estimate of drug-likeness (QED) is 0.802. The smallest absolute Gasteiger partial charge is 0.259 e. The second-order valence-electron chi connectivity index (χ2n) is 6.02. The Kier molecular flexibility index (Phi) is 3.74. The molecule has 3 aromatic rings. The Labute approximate surface area is 137 Å². The number of imidazole rings is 1. The summed E-state index contributed by atoms with van der Waals surface area (Å²) in [6.45, 7) is 3.89. The number of hydrogen-bond acceptors (Lipinski definition) is 5. The number of aromatic amines is 1. The lowest BCUT2D eigenvalue weighted by molar-refractivity contribution is 0.136. The fourth-order valence-electron chi connectivity index (χ4n) is 3.34. The molecule has 120 valence electrons. The maximum Gasteiger partial charge on any atom is 0.259 e. The van der Waals surface area contributed by atoms with Gasteiger partial charge in [0.1, 0.15) is 0 Å². The van der Waals surface area contributed by atoms with Gasteiger partial charge in [0.25, 0.3) is 5.56 Å². The van der Waals surface area contributed by atoms with Crippen molar-refractivity contribution in [1.82, 2.24) is 24.3 Å². The number of aryl methyl sites for hydroxylation is 1. The topological polar surface area (TPSA) is 66.3 Å². The van der Waals surface area contributed by atoms with E-state index in [1.807, 2.05) is 6.92 Å². The minimum absolute atomic E-state index is 0.0266. The molecule has 1 atom stereocenters. The predicted octanol–water partition coefficient (Wildman–Crippen LogP) is 2.51. The van der Waals surface area contributed by atoms with Crippen molar-refractivity contribution in [2.24, 2.45) is 0 Å². The molecule has 0 bridgehead atoms. The van der Waals surface area contributed by atoms with E-state index in [-0.39, 0.29) is 11.6 Å². The van der Waals surface area contributed by atoms with Crippen LogP contribution in [0.5, 0.6) is 0 Å². The summed E-state index contributed by atoms with van der Waals surface area (Å²) in [4.78, 5) is 26.8. The van der Waals surface area contributed by atoms with Crippen LogP contribution in [0.2, 0.25) is 0 Å². The second kappa shape index (κ2) is 5.90. The summed E-state index contributed by atoms with van der Waals surface area (Å²) >= 11 is 1.69. The van der Waals surface area contributed by atoms with E-state index in [1.165, 1.54) is 12.8 Å². The van der Waals surface area contributed by atoms with Crippen molar-refractivity contribution >= 4 is 17.1 Å². The van der Waals surface area contributed by atoms with Crippen LogP contribution in [0.25, 0.3) is 5.78 Å². The van der Waals surface area contributed by atoms with Crippen LogP contribution in [0.3, 0.4) is 0 Å². The molecule has 3 aromatic heterocycles. The van der Waals surface area contributed by atoms with Gasteiger partial charge >= 0.3 is 0 Å². The summed E-state index contributed by atoms with van der Waals surface area (Å²) < 4.78 is 1.54. The molecule has 0 spiro atoms. The predicted molar refractivity (Wildman–Crippen MR) is 89.7 cm³/mol. The summed E-state index contributed by atoms with van der Waals surface area (Å²) in [5.41, 5.74) is 2.05. The third kappa shape index (κ3) is 2.82. The van der Waals surface area contributed by atoms with Crippen LogP contribution in [-0.4, -0.2) is 30.8 Å². The van der Waals surface area contributed by atoms with E-state index in [0.29, 0.717) is 5.78 Å².